The summed E-state index contributed by atoms with van der Waals surface area (Å²) in [6, 6.07) is 10.3. The molecule has 0 aromatic heterocycles. The van der Waals surface area contributed by atoms with Gasteiger partial charge >= 0.3 is 0 Å². The molecule has 0 saturated carbocycles. The summed E-state index contributed by atoms with van der Waals surface area (Å²) in [5, 5.41) is 0.662. The highest BCUT2D eigenvalue weighted by molar-refractivity contribution is 6.31. The maximum atomic E-state index is 13.1. The maximum absolute atomic E-state index is 13.1. The normalized spacial score (nSPS) is 10.4. The third kappa shape index (κ3) is 3.02. The Morgan fingerprint density at radius 2 is 1.89 bits per heavy atom. The van der Waals surface area contributed by atoms with Gasteiger partial charge in [0.15, 0.2) is 0 Å². The Balaban J connectivity index is 2.16. The summed E-state index contributed by atoms with van der Waals surface area (Å²) in [5.41, 5.74) is 2.93. The van der Waals surface area contributed by atoms with Crippen LogP contribution in [0.3, 0.4) is 0 Å². The molecule has 0 aliphatic rings. The third-order valence-electron chi connectivity index (χ3n) is 2.73. The summed E-state index contributed by atoms with van der Waals surface area (Å²) in [6.07, 6.45) is 0. The second-order valence-corrected chi connectivity index (χ2v) is 4.70. The van der Waals surface area contributed by atoms with Gasteiger partial charge in [-0.2, -0.15) is 0 Å². The van der Waals surface area contributed by atoms with Gasteiger partial charge in [0.2, 0.25) is 0 Å². The molecule has 0 radical (unpaired) electrons. The van der Waals surface area contributed by atoms with Gasteiger partial charge in [0, 0.05) is 16.7 Å². The number of ether oxygens (including phenoxy) is 1. The Kier molecular flexibility index (Phi) is 3.87. The first-order valence-corrected chi connectivity index (χ1v) is 6.08. The molecule has 18 heavy (non-hydrogen) atoms. The molecule has 0 atom stereocenters. The summed E-state index contributed by atoms with van der Waals surface area (Å²) in [6.45, 7) is 4.21. The molecule has 0 amide bonds. The second-order valence-electron chi connectivity index (χ2n) is 4.29. The molecule has 0 aliphatic carbocycles. The Bertz CT molecular complexity index is 515. The van der Waals surface area contributed by atoms with E-state index < -0.39 is 0 Å². The lowest BCUT2D eigenvalue weighted by Crippen LogP contribution is -1.98. The van der Waals surface area contributed by atoms with Crippen molar-refractivity contribution in [1.29, 1.82) is 0 Å². The number of benzene rings is 2. The van der Waals surface area contributed by atoms with Gasteiger partial charge < -0.3 is 4.74 Å². The zero-order chi connectivity index (χ0) is 13.1. The molecular formula is C15H14ClFO. The Morgan fingerprint density at radius 3 is 2.67 bits per heavy atom. The van der Waals surface area contributed by atoms with Crippen molar-refractivity contribution >= 4 is 11.6 Å². The van der Waals surface area contributed by atoms with Gasteiger partial charge in [-0.15, -0.1) is 0 Å². The first-order chi connectivity index (χ1) is 8.56. The minimum absolute atomic E-state index is 0.300. The highest BCUT2D eigenvalue weighted by Crippen LogP contribution is 2.23. The van der Waals surface area contributed by atoms with Crippen molar-refractivity contribution in [2.45, 2.75) is 20.5 Å². The molecule has 0 spiro atoms. The van der Waals surface area contributed by atoms with E-state index in [0.29, 0.717) is 17.4 Å². The minimum Gasteiger partial charge on any atom is -0.488 e. The van der Waals surface area contributed by atoms with Gasteiger partial charge in [-0.05, 0) is 31.5 Å². The average Bonchev–Trinajstić information content (AvgIpc) is 2.34. The van der Waals surface area contributed by atoms with Crippen LogP contribution in [0.1, 0.15) is 16.7 Å². The number of halogens is 2. The van der Waals surface area contributed by atoms with Gasteiger partial charge in [-0.3, -0.25) is 0 Å². The molecule has 0 saturated heterocycles. The van der Waals surface area contributed by atoms with Crippen LogP contribution in [0.15, 0.2) is 36.4 Å². The fraction of sp³-hybridized carbons (Fsp3) is 0.200. The van der Waals surface area contributed by atoms with Crippen molar-refractivity contribution in [3.8, 4) is 5.75 Å². The van der Waals surface area contributed by atoms with E-state index in [2.05, 4.69) is 0 Å². The van der Waals surface area contributed by atoms with Crippen LogP contribution in [-0.2, 0) is 6.61 Å². The average molecular weight is 265 g/mol. The molecule has 1 nitrogen and oxygen atoms in total. The molecule has 0 N–H and O–H groups in total. The SMILES string of the molecule is Cc1ccc(Cl)c(COc2cc(F)ccc2C)c1. The summed E-state index contributed by atoms with van der Waals surface area (Å²) in [4.78, 5) is 0. The van der Waals surface area contributed by atoms with Gasteiger partial charge in [0.05, 0.1) is 0 Å². The largest absolute Gasteiger partial charge is 0.488 e. The minimum atomic E-state index is -0.300. The van der Waals surface area contributed by atoms with E-state index >= 15 is 0 Å². The van der Waals surface area contributed by atoms with Crippen LogP contribution in [-0.4, -0.2) is 0 Å². The first-order valence-electron chi connectivity index (χ1n) is 5.70. The van der Waals surface area contributed by atoms with Crippen LogP contribution in [0.2, 0.25) is 5.02 Å². The van der Waals surface area contributed by atoms with Crippen molar-refractivity contribution in [1.82, 2.24) is 0 Å². The first kappa shape index (κ1) is 12.9. The molecule has 0 fully saturated rings. The molecule has 0 aliphatic heterocycles. The van der Waals surface area contributed by atoms with Crippen molar-refractivity contribution < 1.29 is 9.13 Å². The zero-order valence-electron chi connectivity index (χ0n) is 10.3. The van der Waals surface area contributed by atoms with Crippen LogP contribution in [0.5, 0.6) is 5.75 Å². The smallest absolute Gasteiger partial charge is 0.126 e. The molecule has 0 bridgehead atoms. The standard InChI is InChI=1S/C15H14ClFO/c1-10-3-6-14(16)12(7-10)9-18-15-8-13(17)5-4-11(15)2/h3-8H,9H2,1-2H3. The zero-order valence-corrected chi connectivity index (χ0v) is 11.1. The van der Waals surface area contributed by atoms with Gasteiger partial charge in [-0.1, -0.05) is 35.4 Å². The van der Waals surface area contributed by atoms with Crippen molar-refractivity contribution in [3.05, 3.63) is 63.9 Å². The van der Waals surface area contributed by atoms with Crippen LogP contribution in [0, 0.1) is 19.7 Å². The molecule has 2 aromatic rings. The quantitative estimate of drug-likeness (QED) is 0.782. The summed E-state index contributed by atoms with van der Waals surface area (Å²) in [5.74, 6) is 0.249. The molecule has 2 aromatic carbocycles. The number of rotatable bonds is 3. The van der Waals surface area contributed by atoms with E-state index in [-0.39, 0.29) is 5.82 Å². The summed E-state index contributed by atoms with van der Waals surface area (Å²) in [7, 11) is 0. The Morgan fingerprint density at radius 1 is 1.11 bits per heavy atom. The van der Waals surface area contributed by atoms with Gasteiger partial charge in [0.1, 0.15) is 18.2 Å². The van der Waals surface area contributed by atoms with Gasteiger partial charge in [0.25, 0.3) is 0 Å². The molecule has 2 rings (SSSR count). The summed E-state index contributed by atoms with van der Waals surface area (Å²) < 4.78 is 18.7. The Labute approximate surface area is 111 Å². The number of hydrogen-bond acceptors (Lipinski definition) is 1. The van der Waals surface area contributed by atoms with E-state index in [4.69, 9.17) is 16.3 Å². The summed E-state index contributed by atoms with van der Waals surface area (Å²) >= 11 is 6.08. The number of hydrogen-bond donors (Lipinski definition) is 0. The lowest BCUT2D eigenvalue weighted by Gasteiger charge is -2.10. The van der Waals surface area contributed by atoms with Crippen molar-refractivity contribution in [2.24, 2.45) is 0 Å². The predicted octanol–water partition coefficient (Wildman–Crippen LogP) is 4.67. The lowest BCUT2D eigenvalue weighted by molar-refractivity contribution is 0.302. The van der Waals surface area contributed by atoms with Crippen LogP contribution < -0.4 is 4.74 Å². The molecule has 0 heterocycles. The molecule has 3 heteroatoms. The lowest BCUT2D eigenvalue weighted by atomic mass is 10.1. The van der Waals surface area contributed by atoms with E-state index in [9.17, 15) is 4.39 Å². The van der Waals surface area contributed by atoms with Crippen LogP contribution in [0.25, 0.3) is 0 Å². The monoisotopic (exact) mass is 264 g/mol. The Hall–Kier alpha value is -1.54. The molecule has 94 valence electrons. The highest BCUT2D eigenvalue weighted by atomic mass is 35.5. The van der Waals surface area contributed by atoms with E-state index in [1.54, 1.807) is 6.07 Å². The van der Waals surface area contributed by atoms with Crippen molar-refractivity contribution in [2.75, 3.05) is 0 Å². The second kappa shape index (κ2) is 5.40. The highest BCUT2D eigenvalue weighted by Gasteiger charge is 2.05. The van der Waals surface area contributed by atoms with Gasteiger partial charge in [-0.25, -0.2) is 4.39 Å². The number of aryl methyl sites for hydroxylation is 2. The van der Waals surface area contributed by atoms with Crippen LogP contribution in [0.4, 0.5) is 4.39 Å². The third-order valence-corrected chi connectivity index (χ3v) is 3.10. The van der Waals surface area contributed by atoms with Crippen LogP contribution >= 0.6 is 11.6 Å². The van der Waals surface area contributed by atoms with Crippen molar-refractivity contribution in [3.63, 3.8) is 0 Å². The fourth-order valence-electron chi connectivity index (χ4n) is 1.70. The topological polar surface area (TPSA) is 9.23 Å². The fourth-order valence-corrected chi connectivity index (χ4v) is 1.87. The maximum Gasteiger partial charge on any atom is 0.126 e. The van der Waals surface area contributed by atoms with E-state index in [1.165, 1.54) is 12.1 Å². The predicted molar refractivity (Wildman–Crippen MR) is 71.7 cm³/mol. The van der Waals surface area contributed by atoms with E-state index in [0.717, 1.165) is 16.7 Å². The molecular weight excluding hydrogens is 251 g/mol. The molecule has 0 unspecified atom stereocenters. The van der Waals surface area contributed by atoms with E-state index in [1.807, 2.05) is 32.0 Å².